The van der Waals surface area contributed by atoms with Crippen molar-refractivity contribution in [3.63, 3.8) is 0 Å². The first-order chi connectivity index (χ1) is 7.80. The molecule has 1 N–H and O–H groups in total. The number of carbonyl (C=O) groups excluding carboxylic acids is 1. The van der Waals surface area contributed by atoms with Crippen LogP contribution in [0.25, 0.3) is 0 Å². The van der Waals surface area contributed by atoms with Gasteiger partial charge in [-0.05, 0) is 33.6 Å². The Morgan fingerprint density at radius 1 is 1.29 bits per heavy atom. The number of nitrogens with one attached hydrogen (secondary N) is 1. The van der Waals surface area contributed by atoms with Gasteiger partial charge in [-0.3, -0.25) is 9.69 Å². The van der Waals surface area contributed by atoms with Crippen molar-refractivity contribution in [2.45, 2.75) is 45.2 Å². The Morgan fingerprint density at radius 3 is 2.24 bits per heavy atom. The van der Waals surface area contributed by atoms with Crippen LogP contribution in [0.3, 0.4) is 0 Å². The highest BCUT2D eigenvalue weighted by Gasteiger charge is 2.26. The number of hydrogen-bond acceptors (Lipinski definition) is 3. The molecule has 4 heteroatoms. The van der Waals surface area contributed by atoms with E-state index < -0.39 is 0 Å². The van der Waals surface area contributed by atoms with Crippen LogP contribution < -0.4 is 5.32 Å². The third-order valence-electron chi connectivity index (χ3n) is 3.48. The zero-order valence-corrected chi connectivity index (χ0v) is 11.9. The Kier molecular flexibility index (Phi) is 4.95. The minimum absolute atomic E-state index is 0.156. The van der Waals surface area contributed by atoms with Crippen molar-refractivity contribution < 1.29 is 4.79 Å². The zero-order valence-electron chi connectivity index (χ0n) is 11.9. The van der Waals surface area contributed by atoms with Crippen LogP contribution in [-0.4, -0.2) is 61.0 Å². The summed E-state index contributed by atoms with van der Waals surface area (Å²) in [6.45, 7) is 9.49. The van der Waals surface area contributed by atoms with Gasteiger partial charge in [0.15, 0.2) is 0 Å². The summed E-state index contributed by atoms with van der Waals surface area (Å²) in [7, 11) is 3.60. The van der Waals surface area contributed by atoms with E-state index in [9.17, 15) is 4.79 Å². The van der Waals surface area contributed by atoms with E-state index in [1.54, 1.807) is 19.0 Å². The van der Waals surface area contributed by atoms with Gasteiger partial charge >= 0.3 is 0 Å². The predicted molar refractivity (Wildman–Crippen MR) is 71.0 cm³/mol. The molecule has 1 amide bonds. The molecular formula is C13H27N3O. The van der Waals surface area contributed by atoms with Crippen molar-refractivity contribution in [3.05, 3.63) is 0 Å². The van der Waals surface area contributed by atoms with Crippen molar-refractivity contribution in [3.8, 4) is 0 Å². The molecule has 1 fully saturated rings. The topological polar surface area (TPSA) is 35.6 Å². The number of nitrogens with zero attached hydrogens (tertiary/aromatic N) is 2. The van der Waals surface area contributed by atoms with Gasteiger partial charge in [-0.2, -0.15) is 0 Å². The van der Waals surface area contributed by atoms with Crippen molar-refractivity contribution in [2.75, 3.05) is 33.7 Å². The second kappa shape index (κ2) is 5.83. The molecule has 0 unspecified atom stereocenters. The smallest absolute Gasteiger partial charge is 0.236 e. The normalized spacial score (nSPS) is 19.4. The molecule has 0 atom stereocenters. The molecule has 0 radical (unpaired) electrons. The molecular weight excluding hydrogens is 214 g/mol. The quantitative estimate of drug-likeness (QED) is 0.798. The standard InChI is InChI=1S/C13H27N3O/c1-13(2,3)16-8-6-11(7-9-16)14-10-12(17)15(4)5/h11,14H,6-10H2,1-5H3. The predicted octanol–water partition coefficient (Wildman–Crippen LogP) is 0.927. The largest absolute Gasteiger partial charge is 0.348 e. The number of amides is 1. The fourth-order valence-corrected chi connectivity index (χ4v) is 2.14. The third kappa shape index (κ3) is 4.64. The van der Waals surface area contributed by atoms with Crippen LogP contribution in [0.2, 0.25) is 0 Å². The average molecular weight is 241 g/mol. The Bertz CT molecular complexity index is 250. The first-order valence-corrected chi connectivity index (χ1v) is 6.49. The van der Waals surface area contributed by atoms with Crippen molar-refractivity contribution in [1.29, 1.82) is 0 Å². The third-order valence-corrected chi connectivity index (χ3v) is 3.48. The number of rotatable bonds is 3. The highest BCUT2D eigenvalue weighted by Crippen LogP contribution is 2.19. The average Bonchev–Trinajstić information content (AvgIpc) is 2.25. The lowest BCUT2D eigenvalue weighted by molar-refractivity contribution is -0.127. The second-order valence-electron chi connectivity index (χ2n) is 6.10. The molecule has 100 valence electrons. The summed E-state index contributed by atoms with van der Waals surface area (Å²) in [6.07, 6.45) is 2.27. The maximum absolute atomic E-state index is 11.5. The van der Waals surface area contributed by atoms with Gasteiger partial charge in [-0.15, -0.1) is 0 Å². The Balaban J connectivity index is 2.26. The summed E-state index contributed by atoms with van der Waals surface area (Å²) in [5.41, 5.74) is 0.268. The van der Waals surface area contributed by atoms with Gasteiger partial charge < -0.3 is 10.2 Å². The summed E-state index contributed by atoms with van der Waals surface area (Å²) < 4.78 is 0. The summed E-state index contributed by atoms with van der Waals surface area (Å²) in [4.78, 5) is 15.6. The monoisotopic (exact) mass is 241 g/mol. The number of likely N-dealkylation sites (tertiary alicyclic amines) is 1. The molecule has 0 aromatic carbocycles. The van der Waals surface area contributed by atoms with Crippen molar-refractivity contribution >= 4 is 5.91 Å². The van der Waals surface area contributed by atoms with E-state index in [2.05, 4.69) is 31.0 Å². The van der Waals surface area contributed by atoms with Crippen LogP contribution in [0.1, 0.15) is 33.6 Å². The van der Waals surface area contributed by atoms with Gasteiger partial charge in [0.05, 0.1) is 6.54 Å². The van der Waals surface area contributed by atoms with E-state index in [1.807, 2.05) is 0 Å². The number of carbonyl (C=O) groups is 1. The van der Waals surface area contributed by atoms with Crippen LogP contribution >= 0.6 is 0 Å². The van der Waals surface area contributed by atoms with E-state index >= 15 is 0 Å². The van der Waals surface area contributed by atoms with E-state index in [0.717, 1.165) is 25.9 Å². The molecule has 17 heavy (non-hydrogen) atoms. The number of piperidine rings is 1. The molecule has 0 aromatic heterocycles. The van der Waals surface area contributed by atoms with Gasteiger partial charge in [0.1, 0.15) is 0 Å². The molecule has 1 saturated heterocycles. The van der Waals surface area contributed by atoms with Crippen molar-refractivity contribution in [2.24, 2.45) is 0 Å². The minimum Gasteiger partial charge on any atom is -0.348 e. The molecule has 0 aromatic rings. The van der Waals surface area contributed by atoms with Crippen molar-refractivity contribution in [1.82, 2.24) is 15.1 Å². The van der Waals surface area contributed by atoms with Gasteiger partial charge in [0.2, 0.25) is 5.91 Å². The van der Waals surface area contributed by atoms with E-state index in [1.165, 1.54) is 0 Å². The van der Waals surface area contributed by atoms with E-state index in [4.69, 9.17) is 0 Å². The molecule has 0 bridgehead atoms. The molecule has 1 heterocycles. The fourth-order valence-electron chi connectivity index (χ4n) is 2.14. The molecule has 1 rings (SSSR count). The fraction of sp³-hybridized carbons (Fsp3) is 0.923. The van der Waals surface area contributed by atoms with Gasteiger partial charge in [-0.1, -0.05) is 0 Å². The van der Waals surface area contributed by atoms with Crippen LogP contribution in [-0.2, 0) is 4.79 Å². The molecule has 0 aliphatic carbocycles. The molecule has 0 spiro atoms. The first kappa shape index (κ1) is 14.5. The lowest BCUT2D eigenvalue weighted by atomic mass is 9.98. The van der Waals surface area contributed by atoms with Crippen LogP contribution in [0, 0.1) is 0 Å². The number of likely N-dealkylation sites (N-methyl/N-ethyl adjacent to an activating group) is 1. The Labute approximate surface area is 105 Å². The molecule has 0 saturated carbocycles. The Morgan fingerprint density at radius 2 is 1.82 bits per heavy atom. The highest BCUT2D eigenvalue weighted by atomic mass is 16.2. The van der Waals surface area contributed by atoms with Crippen LogP contribution in [0.5, 0.6) is 0 Å². The second-order valence-corrected chi connectivity index (χ2v) is 6.10. The molecule has 1 aliphatic rings. The summed E-state index contributed by atoms with van der Waals surface area (Å²) >= 11 is 0. The maximum Gasteiger partial charge on any atom is 0.236 e. The lowest BCUT2D eigenvalue weighted by Gasteiger charge is -2.41. The molecule has 1 aliphatic heterocycles. The van der Waals surface area contributed by atoms with E-state index in [0.29, 0.717) is 12.6 Å². The number of hydrogen-bond donors (Lipinski definition) is 1. The zero-order chi connectivity index (χ0) is 13.1. The van der Waals surface area contributed by atoms with E-state index in [-0.39, 0.29) is 11.4 Å². The highest BCUT2D eigenvalue weighted by molar-refractivity contribution is 5.77. The van der Waals surface area contributed by atoms with Gasteiger partial charge in [0, 0.05) is 38.8 Å². The SMILES string of the molecule is CN(C)C(=O)CNC1CCN(C(C)(C)C)CC1. The maximum atomic E-state index is 11.5. The Hall–Kier alpha value is -0.610. The van der Waals surface area contributed by atoms with Gasteiger partial charge in [-0.25, -0.2) is 0 Å². The summed E-state index contributed by atoms with van der Waals surface area (Å²) in [6, 6.07) is 0.498. The minimum atomic E-state index is 0.156. The molecule has 4 nitrogen and oxygen atoms in total. The first-order valence-electron chi connectivity index (χ1n) is 6.49. The van der Waals surface area contributed by atoms with Gasteiger partial charge in [0.25, 0.3) is 0 Å². The summed E-state index contributed by atoms with van der Waals surface area (Å²) in [5, 5.41) is 3.36. The van der Waals surface area contributed by atoms with Crippen LogP contribution in [0.15, 0.2) is 0 Å². The van der Waals surface area contributed by atoms with Crippen LogP contribution in [0.4, 0.5) is 0 Å². The lowest BCUT2D eigenvalue weighted by Crippen LogP contribution is -2.51. The summed E-state index contributed by atoms with van der Waals surface area (Å²) in [5.74, 6) is 0.156.